The Morgan fingerprint density at radius 2 is 1.88 bits per heavy atom. The second-order valence-corrected chi connectivity index (χ2v) is 5.52. The first kappa shape index (κ1) is 12.8. The van der Waals surface area contributed by atoms with E-state index < -0.39 is 20.8 Å². The van der Waals surface area contributed by atoms with Gasteiger partial charge in [-0.2, -0.15) is 0 Å². The van der Waals surface area contributed by atoms with Crippen molar-refractivity contribution in [3.63, 3.8) is 0 Å². The minimum absolute atomic E-state index is 0.0481. The lowest BCUT2D eigenvalue weighted by Gasteiger charge is -2.40. The largest absolute Gasteiger partial charge is 0.396 e. The Bertz CT molecular complexity index is 415. The molecule has 0 saturated carbocycles. The number of hydrogen-bond acceptors (Lipinski definition) is 3. The van der Waals surface area contributed by atoms with Crippen molar-refractivity contribution in [2.75, 3.05) is 17.6 Å². The van der Waals surface area contributed by atoms with E-state index in [2.05, 4.69) is 10.3 Å². The standard InChI is InChI=1S/C7H10F5N3S/c1-2-14-7-6(13)3-5(4-15-7)16(8,9,10,11)12/h3-4H,2,13H2,1H3,(H,14,15). The summed E-state index contributed by atoms with van der Waals surface area (Å²) < 4.78 is 61.6. The van der Waals surface area contributed by atoms with Gasteiger partial charge in [0.15, 0.2) is 0 Å². The van der Waals surface area contributed by atoms with E-state index in [1.54, 1.807) is 6.92 Å². The number of pyridine rings is 1. The van der Waals surface area contributed by atoms with E-state index in [0.29, 0.717) is 6.54 Å². The van der Waals surface area contributed by atoms with Crippen LogP contribution in [0.4, 0.5) is 30.9 Å². The SMILES string of the molecule is CCNc1ncc(S(F)(F)(F)(F)F)cc1N. The van der Waals surface area contributed by atoms with Gasteiger partial charge in [0.25, 0.3) is 0 Å². The molecule has 0 atom stereocenters. The maximum Gasteiger partial charge on any atom is 0.311 e. The van der Waals surface area contributed by atoms with Crippen molar-refractivity contribution in [3.8, 4) is 0 Å². The van der Waals surface area contributed by atoms with Crippen LogP contribution in [0.1, 0.15) is 6.92 Å². The van der Waals surface area contributed by atoms with Gasteiger partial charge in [-0.15, -0.1) is 0 Å². The van der Waals surface area contributed by atoms with E-state index in [1.807, 2.05) is 0 Å². The van der Waals surface area contributed by atoms with E-state index in [0.717, 1.165) is 0 Å². The van der Waals surface area contributed by atoms with E-state index >= 15 is 0 Å². The number of hydrogen-bond donors (Lipinski definition) is 2. The van der Waals surface area contributed by atoms with Gasteiger partial charge >= 0.3 is 10.2 Å². The molecule has 0 radical (unpaired) electrons. The molecule has 0 fully saturated rings. The summed E-state index contributed by atoms with van der Waals surface area (Å²) in [5.41, 5.74) is 4.72. The smallest absolute Gasteiger partial charge is 0.311 e. The topological polar surface area (TPSA) is 50.9 Å². The molecule has 0 unspecified atom stereocenters. The molecule has 0 aliphatic carbocycles. The number of nitrogens with two attached hydrogens (primary N) is 1. The monoisotopic (exact) mass is 263 g/mol. The molecular weight excluding hydrogens is 253 g/mol. The Labute approximate surface area is 88.6 Å². The summed E-state index contributed by atoms with van der Waals surface area (Å²) in [4.78, 5) is 1.13. The van der Waals surface area contributed by atoms with Gasteiger partial charge in [0.1, 0.15) is 10.7 Å². The second kappa shape index (κ2) is 2.90. The molecule has 0 aliphatic rings. The van der Waals surface area contributed by atoms with Crippen LogP contribution in [0.15, 0.2) is 17.2 Å². The van der Waals surface area contributed by atoms with Crippen LogP contribution >= 0.6 is 10.2 Å². The van der Waals surface area contributed by atoms with Crippen LogP contribution in [0.2, 0.25) is 0 Å². The molecule has 1 rings (SSSR count). The van der Waals surface area contributed by atoms with E-state index in [1.165, 1.54) is 0 Å². The maximum absolute atomic E-state index is 12.3. The summed E-state index contributed by atoms with van der Waals surface area (Å²) in [6.45, 7) is 2.03. The zero-order valence-electron chi connectivity index (χ0n) is 8.18. The highest BCUT2D eigenvalue weighted by Crippen LogP contribution is 3.02. The summed E-state index contributed by atoms with van der Waals surface area (Å²) >= 11 is 0. The van der Waals surface area contributed by atoms with Crippen LogP contribution in [-0.4, -0.2) is 11.5 Å². The fraction of sp³-hybridized carbons (Fsp3) is 0.286. The summed E-state index contributed by atoms with van der Waals surface area (Å²) in [6, 6.07) is 0.187. The zero-order chi connectivity index (χ0) is 12.7. The fourth-order valence-corrected chi connectivity index (χ4v) is 1.59. The highest BCUT2D eigenvalue weighted by molar-refractivity contribution is 8.45. The maximum atomic E-state index is 12.3. The predicted molar refractivity (Wildman–Crippen MR) is 54.2 cm³/mol. The van der Waals surface area contributed by atoms with Crippen LogP contribution in [0.3, 0.4) is 0 Å². The van der Waals surface area contributed by atoms with Gasteiger partial charge in [-0.3, -0.25) is 0 Å². The van der Waals surface area contributed by atoms with Crippen molar-refractivity contribution in [2.24, 2.45) is 0 Å². The molecule has 1 heterocycles. The molecule has 1 aromatic heterocycles. The predicted octanol–water partition coefficient (Wildman–Crippen LogP) is 3.75. The summed E-state index contributed by atoms with van der Waals surface area (Å²) in [5, 5.41) is 2.54. The number of nitrogens with one attached hydrogen (secondary N) is 1. The third-order valence-electron chi connectivity index (χ3n) is 1.68. The van der Waals surface area contributed by atoms with Crippen LogP contribution in [0.5, 0.6) is 0 Å². The normalized spacial score (nSPS) is 16.4. The molecular formula is C7H10F5N3S. The summed E-state index contributed by atoms with van der Waals surface area (Å²) in [6.07, 6.45) is 0.0793. The molecule has 0 spiro atoms. The Morgan fingerprint density at radius 3 is 2.25 bits per heavy atom. The third kappa shape index (κ3) is 2.87. The lowest BCUT2D eigenvalue weighted by atomic mass is 10.4. The molecule has 0 saturated heterocycles. The van der Waals surface area contributed by atoms with Gasteiger partial charge in [0.2, 0.25) is 0 Å². The third-order valence-corrected chi connectivity index (χ3v) is 2.80. The van der Waals surface area contributed by atoms with Crippen molar-refractivity contribution < 1.29 is 19.4 Å². The molecule has 0 bridgehead atoms. The average molecular weight is 263 g/mol. The number of nitrogens with zero attached hydrogens (tertiary/aromatic N) is 1. The van der Waals surface area contributed by atoms with Crippen LogP contribution in [0, 0.1) is 0 Å². The second-order valence-electron chi connectivity index (χ2n) is 3.11. The molecule has 3 nitrogen and oxygen atoms in total. The molecule has 0 aromatic carbocycles. The van der Waals surface area contributed by atoms with Crippen molar-refractivity contribution in [1.82, 2.24) is 4.98 Å². The van der Waals surface area contributed by atoms with Crippen molar-refractivity contribution >= 4 is 21.7 Å². The molecule has 9 heteroatoms. The van der Waals surface area contributed by atoms with Crippen molar-refractivity contribution in [1.29, 1.82) is 0 Å². The first-order valence-corrected chi connectivity index (χ1v) is 6.12. The Balaban J connectivity index is 3.28. The number of halogens is 5. The van der Waals surface area contributed by atoms with Crippen LogP contribution < -0.4 is 11.1 Å². The highest BCUT2D eigenvalue weighted by Gasteiger charge is 2.65. The molecule has 0 aliphatic heterocycles. The van der Waals surface area contributed by atoms with E-state index in [9.17, 15) is 19.4 Å². The van der Waals surface area contributed by atoms with Crippen molar-refractivity contribution in [2.45, 2.75) is 11.8 Å². The van der Waals surface area contributed by atoms with Gasteiger partial charge in [-0.05, 0) is 13.0 Å². The lowest BCUT2D eigenvalue weighted by Crippen LogP contribution is -2.09. The Kier molecular flexibility index (Phi) is 2.33. The zero-order valence-corrected chi connectivity index (χ0v) is 9.00. The van der Waals surface area contributed by atoms with E-state index in [-0.39, 0.29) is 18.1 Å². The highest BCUT2D eigenvalue weighted by atomic mass is 32.5. The molecule has 0 amide bonds. The summed E-state index contributed by atoms with van der Waals surface area (Å²) in [5.74, 6) is -0.0481. The fourth-order valence-electron chi connectivity index (χ4n) is 0.988. The lowest BCUT2D eigenvalue weighted by molar-refractivity contribution is 0.363. The number of nitrogen functional groups attached to an aromatic ring is 1. The van der Waals surface area contributed by atoms with Gasteiger partial charge in [-0.25, -0.2) is 4.98 Å². The number of anilines is 2. The Hall–Kier alpha value is -1.25. The minimum Gasteiger partial charge on any atom is -0.396 e. The van der Waals surface area contributed by atoms with Crippen LogP contribution in [0.25, 0.3) is 0 Å². The van der Waals surface area contributed by atoms with Gasteiger partial charge in [0, 0.05) is 6.54 Å². The number of aromatic nitrogens is 1. The van der Waals surface area contributed by atoms with Gasteiger partial charge in [0.05, 0.1) is 11.9 Å². The number of rotatable bonds is 3. The van der Waals surface area contributed by atoms with Crippen molar-refractivity contribution in [3.05, 3.63) is 12.3 Å². The average Bonchev–Trinajstić information content (AvgIpc) is 2.04. The summed E-state index contributed by atoms with van der Waals surface area (Å²) in [7, 11) is -9.68. The van der Waals surface area contributed by atoms with E-state index in [4.69, 9.17) is 5.73 Å². The quantitative estimate of drug-likeness (QED) is 0.816. The first-order valence-electron chi connectivity index (χ1n) is 4.17. The molecule has 3 N–H and O–H groups in total. The van der Waals surface area contributed by atoms with Gasteiger partial charge < -0.3 is 11.1 Å². The first-order chi connectivity index (χ1) is 6.94. The molecule has 94 valence electrons. The minimum atomic E-state index is -9.68. The molecule has 16 heavy (non-hydrogen) atoms. The van der Waals surface area contributed by atoms with Gasteiger partial charge in [-0.1, -0.05) is 19.4 Å². The molecule has 1 aromatic rings. The Morgan fingerprint density at radius 1 is 1.31 bits per heavy atom. The van der Waals surface area contributed by atoms with Crippen LogP contribution in [-0.2, 0) is 0 Å².